The summed E-state index contributed by atoms with van der Waals surface area (Å²) in [5.74, 6) is 0.0756. The monoisotopic (exact) mass is 549 g/mol. The molecule has 14 heteroatoms. The van der Waals surface area contributed by atoms with Crippen LogP contribution in [0.25, 0.3) is 16.7 Å². The molecule has 0 bridgehead atoms. The molecule has 0 radical (unpaired) electrons. The Labute approximate surface area is 229 Å². The van der Waals surface area contributed by atoms with Crippen molar-refractivity contribution in [3.8, 4) is 5.75 Å². The van der Waals surface area contributed by atoms with Gasteiger partial charge < -0.3 is 35.3 Å². The Balaban J connectivity index is 1.42. The van der Waals surface area contributed by atoms with Crippen molar-refractivity contribution in [2.75, 3.05) is 29.9 Å². The molecule has 4 N–H and O–H groups in total. The molecule has 3 atom stereocenters. The number of aromatic nitrogens is 5. The van der Waals surface area contributed by atoms with Gasteiger partial charge in [0.2, 0.25) is 0 Å². The van der Waals surface area contributed by atoms with Gasteiger partial charge in [0.25, 0.3) is 17.2 Å². The zero-order valence-corrected chi connectivity index (χ0v) is 22.6. The Kier molecular flexibility index (Phi) is 7.26. The second-order valence-corrected chi connectivity index (χ2v) is 10.0. The number of hydrogen-bond acceptors (Lipinski definition) is 10. The Morgan fingerprint density at radius 2 is 1.95 bits per heavy atom. The summed E-state index contributed by atoms with van der Waals surface area (Å²) >= 11 is 0. The predicted octanol–water partition coefficient (Wildman–Crippen LogP) is 0.875. The van der Waals surface area contributed by atoms with Crippen molar-refractivity contribution >= 4 is 45.9 Å². The van der Waals surface area contributed by atoms with Crippen LogP contribution in [0, 0.1) is 0 Å². The molecule has 0 unspecified atom stereocenters. The number of nitrogens with zero attached hydrogens (tertiary/aromatic N) is 6. The number of aliphatic carboxylic acids is 1. The first-order chi connectivity index (χ1) is 19.1. The van der Waals surface area contributed by atoms with Crippen LogP contribution in [-0.2, 0) is 16.6 Å². The quantitative estimate of drug-likeness (QED) is 0.246. The van der Waals surface area contributed by atoms with E-state index in [-0.39, 0.29) is 5.75 Å². The van der Waals surface area contributed by atoms with Crippen LogP contribution in [0.4, 0.5) is 17.3 Å². The molecule has 4 heterocycles. The van der Waals surface area contributed by atoms with E-state index in [1.165, 1.54) is 17.8 Å². The number of anilines is 3. The molecule has 1 saturated heterocycles. The van der Waals surface area contributed by atoms with Crippen molar-refractivity contribution in [2.45, 2.75) is 38.9 Å². The summed E-state index contributed by atoms with van der Waals surface area (Å²) in [5, 5.41) is 23.2. The summed E-state index contributed by atoms with van der Waals surface area (Å²) in [6.07, 6.45) is 1.45. The highest BCUT2D eigenvalue weighted by atomic mass is 16.5. The fraction of sp³-hybridized carbons (Fsp3) is 0.385. The second kappa shape index (κ2) is 10.8. The van der Waals surface area contributed by atoms with Crippen LogP contribution in [0.2, 0.25) is 0 Å². The molecule has 1 aliphatic rings. The number of piperazine rings is 1. The average molecular weight is 550 g/mol. The zero-order chi connectivity index (χ0) is 28.6. The van der Waals surface area contributed by atoms with Crippen LogP contribution in [0.1, 0.15) is 20.8 Å². The molecule has 210 valence electrons. The highest BCUT2D eigenvalue weighted by Crippen LogP contribution is 2.26. The summed E-state index contributed by atoms with van der Waals surface area (Å²) in [6, 6.07) is 8.55. The normalized spacial score (nSPS) is 18.1. The van der Waals surface area contributed by atoms with Crippen molar-refractivity contribution in [2.24, 2.45) is 7.05 Å². The highest BCUT2D eigenvalue weighted by Gasteiger charge is 2.23. The Morgan fingerprint density at radius 3 is 2.67 bits per heavy atom. The number of carboxylic acids is 1. The van der Waals surface area contributed by atoms with Crippen molar-refractivity contribution in [1.29, 1.82) is 0 Å². The number of ether oxygens (including phenoxy) is 1. The van der Waals surface area contributed by atoms with Gasteiger partial charge in [-0.05, 0) is 45.0 Å². The minimum absolute atomic E-state index is 0.0305. The molecule has 4 aromatic rings. The van der Waals surface area contributed by atoms with Gasteiger partial charge in [-0.3, -0.25) is 14.4 Å². The number of rotatable bonds is 8. The number of benzene rings is 1. The number of fused-ring (bicyclic) bond motifs is 2. The third-order valence-corrected chi connectivity index (χ3v) is 6.69. The van der Waals surface area contributed by atoms with Crippen molar-refractivity contribution in [3.63, 3.8) is 0 Å². The summed E-state index contributed by atoms with van der Waals surface area (Å²) < 4.78 is 8.52. The molecule has 1 aliphatic heterocycles. The first-order valence-electron chi connectivity index (χ1n) is 12.9. The Hall–Kier alpha value is -4.72. The molecule has 40 heavy (non-hydrogen) atoms. The van der Waals surface area contributed by atoms with Gasteiger partial charge in [0.15, 0.2) is 12.4 Å². The predicted molar refractivity (Wildman–Crippen MR) is 148 cm³/mol. The standard InChI is InChI=1S/C26H31N9O5/c1-14-10-34(11-15(2)29-14)21-9-22(35-26(32-21)27-13-28-35)31-18-5-6-19-17(7-18)8-20(24(37)33(19)4)40-12-23(36)30-16(3)25(38)39/h5-9,13-16,29,31H,10-12H2,1-4H3,(H,30,36)(H,38,39)/t14-,15+,16-/m0/s1. The molecule has 3 aromatic heterocycles. The van der Waals surface area contributed by atoms with E-state index >= 15 is 0 Å². The number of carboxylic acid groups (broad SMARTS) is 1. The Morgan fingerprint density at radius 1 is 1.20 bits per heavy atom. The maximum atomic E-state index is 12.8. The molecular weight excluding hydrogens is 518 g/mol. The lowest BCUT2D eigenvalue weighted by Gasteiger charge is -2.37. The van der Waals surface area contributed by atoms with E-state index in [4.69, 9.17) is 14.8 Å². The fourth-order valence-electron chi connectivity index (χ4n) is 4.84. The van der Waals surface area contributed by atoms with Crippen LogP contribution in [0.3, 0.4) is 0 Å². The van der Waals surface area contributed by atoms with E-state index in [1.807, 2.05) is 24.3 Å². The molecule has 0 saturated carbocycles. The van der Waals surface area contributed by atoms with E-state index in [2.05, 4.69) is 44.8 Å². The van der Waals surface area contributed by atoms with Crippen LogP contribution >= 0.6 is 0 Å². The topological polar surface area (TPSA) is 168 Å². The minimum atomic E-state index is -1.17. The third-order valence-electron chi connectivity index (χ3n) is 6.69. The SMILES string of the molecule is C[C@@H]1CN(c2cc(Nc3ccc4c(c3)cc(OCC(=O)N[C@@H](C)C(=O)O)c(=O)n4C)n3ncnc3n2)C[C@H](C)N1. The van der Waals surface area contributed by atoms with E-state index in [0.29, 0.717) is 34.6 Å². The van der Waals surface area contributed by atoms with Gasteiger partial charge in [-0.25, -0.2) is 0 Å². The second-order valence-electron chi connectivity index (χ2n) is 10.0. The number of nitrogens with one attached hydrogen (secondary N) is 3. The molecule has 1 fully saturated rings. The molecule has 0 aliphatic carbocycles. The van der Waals surface area contributed by atoms with Gasteiger partial charge in [-0.1, -0.05) is 0 Å². The zero-order valence-electron chi connectivity index (χ0n) is 22.6. The smallest absolute Gasteiger partial charge is 0.325 e. The summed E-state index contributed by atoms with van der Waals surface area (Å²) in [5.41, 5.74) is 0.966. The number of aryl methyl sites for hydroxylation is 1. The lowest BCUT2D eigenvalue weighted by Crippen LogP contribution is -2.54. The number of pyridine rings is 1. The molecule has 1 amide bonds. The average Bonchev–Trinajstić information content (AvgIpc) is 3.38. The van der Waals surface area contributed by atoms with Gasteiger partial charge in [0, 0.05) is 49.4 Å². The van der Waals surface area contributed by atoms with E-state index in [1.54, 1.807) is 17.6 Å². The maximum Gasteiger partial charge on any atom is 0.325 e. The van der Waals surface area contributed by atoms with Gasteiger partial charge in [0.05, 0.1) is 5.52 Å². The van der Waals surface area contributed by atoms with E-state index in [9.17, 15) is 14.4 Å². The number of amides is 1. The number of carbonyl (C=O) groups excluding carboxylic acids is 1. The summed E-state index contributed by atoms with van der Waals surface area (Å²) in [4.78, 5) is 47.1. The van der Waals surface area contributed by atoms with E-state index in [0.717, 1.165) is 24.6 Å². The third kappa shape index (κ3) is 5.52. The van der Waals surface area contributed by atoms with Crippen molar-refractivity contribution in [1.82, 2.24) is 34.8 Å². The maximum absolute atomic E-state index is 12.8. The van der Waals surface area contributed by atoms with Crippen LogP contribution < -0.4 is 31.1 Å². The molecule has 14 nitrogen and oxygen atoms in total. The van der Waals surface area contributed by atoms with Crippen LogP contribution in [0.15, 0.2) is 41.5 Å². The molecule has 1 aromatic carbocycles. The van der Waals surface area contributed by atoms with Crippen molar-refractivity contribution in [3.05, 3.63) is 47.0 Å². The first kappa shape index (κ1) is 26.9. The van der Waals surface area contributed by atoms with Gasteiger partial charge in [-0.15, -0.1) is 0 Å². The van der Waals surface area contributed by atoms with Crippen molar-refractivity contribution < 1.29 is 19.4 Å². The van der Waals surface area contributed by atoms with Gasteiger partial charge >= 0.3 is 5.97 Å². The van der Waals surface area contributed by atoms with E-state index < -0.39 is 30.1 Å². The molecule has 5 rings (SSSR count). The van der Waals surface area contributed by atoms with Gasteiger partial charge in [0.1, 0.15) is 24.0 Å². The number of carbonyl (C=O) groups is 2. The lowest BCUT2D eigenvalue weighted by molar-refractivity contribution is -0.141. The summed E-state index contributed by atoms with van der Waals surface area (Å²) in [7, 11) is 1.61. The highest BCUT2D eigenvalue weighted by molar-refractivity contribution is 5.86. The summed E-state index contributed by atoms with van der Waals surface area (Å²) in [6.45, 7) is 6.74. The number of hydrogen-bond donors (Lipinski definition) is 4. The first-order valence-corrected chi connectivity index (χ1v) is 12.9. The van der Waals surface area contributed by atoms with Crippen LogP contribution in [0.5, 0.6) is 5.75 Å². The fourth-order valence-corrected chi connectivity index (χ4v) is 4.84. The molecular formula is C26H31N9O5. The van der Waals surface area contributed by atoms with Crippen LogP contribution in [-0.4, -0.2) is 79.0 Å². The Bertz CT molecular complexity index is 1640. The van der Waals surface area contributed by atoms with Gasteiger partial charge in [-0.2, -0.15) is 19.6 Å². The lowest BCUT2D eigenvalue weighted by atomic mass is 10.1. The largest absolute Gasteiger partial charge is 0.480 e. The molecule has 0 spiro atoms. The minimum Gasteiger partial charge on any atom is -0.480 e.